The second kappa shape index (κ2) is 6.50. The lowest BCUT2D eigenvalue weighted by molar-refractivity contribution is -0.137. The summed E-state index contributed by atoms with van der Waals surface area (Å²) in [4.78, 5) is 0. The minimum Gasteiger partial charge on any atom is -0.355 e. The van der Waals surface area contributed by atoms with E-state index in [1.165, 1.54) is 5.56 Å². The van der Waals surface area contributed by atoms with E-state index in [0.29, 0.717) is 12.8 Å². The van der Waals surface area contributed by atoms with E-state index in [2.05, 4.69) is 46.4 Å². The van der Waals surface area contributed by atoms with Crippen molar-refractivity contribution in [2.45, 2.75) is 25.5 Å². The molecule has 0 aliphatic carbocycles. The van der Waals surface area contributed by atoms with Crippen LogP contribution in [0, 0.1) is 0 Å². The molecule has 1 N–H and O–H groups in total. The van der Waals surface area contributed by atoms with Gasteiger partial charge in [0.25, 0.3) is 0 Å². The molecule has 1 unspecified atom stereocenters. The molecule has 0 spiro atoms. The second-order valence-corrected chi connectivity index (χ2v) is 5.11. The van der Waals surface area contributed by atoms with Gasteiger partial charge < -0.3 is 14.8 Å². The molecule has 94 valence electrons. The van der Waals surface area contributed by atoms with Crippen LogP contribution in [0.1, 0.15) is 24.9 Å². The van der Waals surface area contributed by atoms with E-state index in [-0.39, 0.29) is 6.10 Å². The summed E-state index contributed by atoms with van der Waals surface area (Å²) in [5, 5.41) is 3.50. The zero-order valence-corrected chi connectivity index (χ0v) is 11.6. The van der Waals surface area contributed by atoms with Crippen molar-refractivity contribution in [1.82, 2.24) is 5.32 Å². The van der Waals surface area contributed by atoms with Crippen molar-refractivity contribution in [3.63, 3.8) is 0 Å². The Hall–Kier alpha value is -0.420. The molecular formula is C13H18BrNO2. The van der Waals surface area contributed by atoms with Gasteiger partial charge >= 0.3 is 0 Å². The van der Waals surface area contributed by atoms with E-state index in [1.807, 2.05) is 6.07 Å². The lowest BCUT2D eigenvalue weighted by Crippen LogP contribution is -2.35. The fourth-order valence-corrected chi connectivity index (χ4v) is 2.53. The first-order chi connectivity index (χ1) is 8.27. The lowest BCUT2D eigenvalue weighted by atomic mass is 10.1. The summed E-state index contributed by atoms with van der Waals surface area (Å²) in [6.07, 6.45) is 1.24. The summed E-state index contributed by atoms with van der Waals surface area (Å²) in [7, 11) is 0. The molecule has 1 aromatic carbocycles. The van der Waals surface area contributed by atoms with Crippen LogP contribution in [0.4, 0.5) is 0 Å². The quantitative estimate of drug-likeness (QED) is 0.927. The Morgan fingerprint density at radius 2 is 2.29 bits per heavy atom. The molecule has 1 fully saturated rings. The molecule has 1 aromatic rings. The zero-order chi connectivity index (χ0) is 12.1. The fraction of sp³-hybridized carbons (Fsp3) is 0.538. The molecule has 17 heavy (non-hydrogen) atoms. The number of halogens is 1. The Bertz CT molecular complexity index is 353. The summed E-state index contributed by atoms with van der Waals surface area (Å²) in [5.74, 6) is 0. The minimum absolute atomic E-state index is 0.272. The van der Waals surface area contributed by atoms with E-state index in [1.54, 1.807) is 0 Å². The Kier molecular flexibility index (Phi) is 4.98. The van der Waals surface area contributed by atoms with Crippen LogP contribution in [0.5, 0.6) is 0 Å². The maximum absolute atomic E-state index is 5.50. The third kappa shape index (κ3) is 3.78. The Morgan fingerprint density at radius 3 is 3.00 bits per heavy atom. The first kappa shape index (κ1) is 13.0. The van der Waals surface area contributed by atoms with E-state index < -0.39 is 0 Å². The number of hydrogen-bond acceptors (Lipinski definition) is 3. The van der Waals surface area contributed by atoms with Crippen LogP contribution in [0.3, 0.4) is 0 Å². The largest absolute Gasteiger partial charge is 0.355 e. The van der Waals surface area contributed by atoms with Gasteiger partial charge in [-0.1, -0.05) is 34.1 Å². The molecule has 0 aromatic heterocycles. The molecular weight excluding hydrogens is 282 g/mol. The van der Waals surface area contributed by atoms with Crippen molar-refractivity contribution in [3.05, 3.63) is 34.3 Å². The number of rotatable bonds is 4. The molecule has 1 aliphatic heterocycles. The van der Waals surface area contributed by atoms with Gasteiger partial charge in [0.05, 0.1) is 12.7 Å². The third-order valence-electron chi connectivity index (χ3n) is 2.99. The highest BCUT2D eigenvalue weighted by Crippen LogP contribution is 2.22. The molecule has 4 heteroatoms. The van der Waals surface area contributed by atoms with Gasteiger partial charge in [0.15, 0.2) is 0 Å². The highest BCUT2D eigenvalue weighted by atomic mass is 79.9. The lowest BCUT2D eigenvalue weighted by Gasteiger charge is -2.25. The number of hydrogen-bond donors (Lipinski definition) is 1. The molecule has 1 heterocycles. The standard InChI is InChI=1S/C13H18BrNO2/c1-10(12-4-2-3-5-13(12)14)15-8-11-6-7-16-9-17-11/h2-5,10-11,15H,6-9H2,1H3/t10-,11?/m0/s1. The maximum atomic E-state index is 5.50. The summed E-state index contributed by atoms with van der Waals surface area (Å²) in [6.45, 7) is 4.26. The highest BCUT2D eigenvalue weighted by molar-refractivity contribution is 9.10. The summed E-state index contributed by atoms with van der Waals surface area (Å²) in [6, 6.07) is 8.60. The smallest absolute Gasteiger partial charge is 0.147 e. The van der Waals surface area contributed by atoms with Gasteiger partial charge in [-0.3, -0.25) is 0 Å². The van der Waals surface area contributed by atoms with Crippen LogP contribution >= 0.6 is 15.9 Å². The molecule has 1 saturated heterocycles. The number of nitrogens with one attached hydrogen (secondary N) is 1. The third-order valence-corrected chi connectivity index (χ3v) is 3.72. The molecule has 0 saturated carbocycles. The molecule has 0 radical (unpaired) electrons. The van der Waals surface area contributed by atoms with Crippen molar-refractivity contribution in [2.75, 3.05) is 19.9 Å². The molecule has 2 rings (SSSR count). The predicted molar refractivity (Wildman–Crippen MR) is 70.9 cm³/mol. The van der Waals surface area contributed by atoms with E-state index in [9.17, 15) is 0 Å². The van der Waals surface area contributed by atoms with Gasteiger partial charge in [0, 0.05) is 17.1 Å². The number of ether oxygens (including phenoxy) is 2. The Labute approximate surface area is 111 Å². The van der Waals surface area contributed by atoms with Crippen molar-refractivity contribution in [3.8, 4) is 0 Å². The first-order valence-corrected chi connectivity index (χ1v) is 6.74. The van der Waals surface area contributed by atoms with Gasteiger partial charge in [-0.05, 0) is 25.0 Å². The predicted octanol–water partition coefficient (Wildman–Crippen LogP) is 2.86. The summed E-state index contributed by atoms with van der Waals surface area (Å²) >= 11 is 3.57. The monoisotopic (exact) mass is 299 g/mol. The molecule has 3 nitrogen and oxygen atoms in total. The van der Waals surface area contributed by atoms with Gasteiger partial charge in [-0.15, -0.1) is 0 Å². The molecule has 2 atom stereocenters. The average molecular weight is 300 g/mol. The summed E-state index contributed by atoms with van der Waals surface area (Å²) in [5.41, 5.74) is 1.28. The zero-order valence-electron chi connectivity index (χ0n) is 9.99. The second-order valence-electron chi connectivity index (χ2n) is 4.25. The van der Waals surface area contributed by atoms with Crippen LogP contribution < -0.4 is 5.32 Å². The van der Waals surface area contributed by atoms with E-state index in [4.69, 9.17) is 9.47 Å². The van der Waals surface area contributed by atoms with Gasteiger partial charge in [-0.2, -0.15) is 0 Å². The van der Waals surface area contributed by atoms with Crippen molar-refractivity contribution < 1.29 is 9.47 Å². The molecule has 0 bridgehead atoms. The van der Waals surface area contributed by atoms with Crippen molar-refractivity contribution in [1.29, 1.82) is 0 Å². The Morgan fingerprint density at radius 1 is 1.47 bits per heavy atom. The van der Waals surface area contributed by atoms with E-state index in [0.717, 1.165) is 24.0 Å². The van der Waals surface area contributed by atoms with Crippen LogP contribution in [0.2, 0.25) is 0 Å². The SMILES string of the molecule is C[C@H](NCC1CCOCO1)c1ccccc1Br. The van der Waals surface area contributed by atoms with Gasteiger partial charge in [-0.25, -0.2) is 0 Å². The summed E-state index contributed by atoms with van der Waals surface area (Å²) < 4.78 is 11.8. The van der Waals surface area contributed by atoms with Crippen LogP contribution in [0.25, 0.3) is 0 Å². The molecule has 1 aliphatic rings. The van der Waals surface area contributed by atoms with Gasteiger partial charge in [0.2, 0.25) is 0 Å². The first-order valence-electron chi connectivity index (χ1n) is 5.94. The van der Waals surface area contributed by atoms with Crippen molar-refractivity contribution in [2.24, 2.45) is 0 Å². The van der Waals surface area contributed by atoms with Crippen molar-refractivity contribution >= 4 is 15.9 Å². The fourth-order valence-electron chi connectivity index (χ4n) is 1.91. The minimum atomic E-state index is 0.272. The average Bonchev–Trinajstić information content (AvgIpc) is 2.38. The van der Waals surface area contributed by atoms with Crippen LogP contribution in [-0.4, -0.2) is 26.0 Å². The van der Waals surface area contributed by atoms with Crippen LogP contribution in [0.15, 0.2) is 28.7 Å². The topological polar surface area (TPSA) is 30.5 Å². The highest BCUT2D eigenvalue weighted by Gasteiger charge is 2.16. The molecule has 0 amide bonds. The normalized spacial score (nSPS) is 22.4. The Balaban J connectivity index is 1.84. The van der Waals surface area contributed by atoms with Gasteiger partial charge in [0.1, 0.15) is 6.79 Å². The number of benzene rings is 1. The van der Waals surface area contributed by atoms with Crippen LogP contribution in [-0.2, 0) is 9.47 Å². The maximum Gasteiger partial charge on any atom is 0.147 e. The van der Waals surface area contributed by atoms with E-state index >= 15 is 0 Å².